The summed E-state index contributed by atoms with van der Waals surface area (Å²) in [6.07, 6.45) is 0. The Hall–Kier alpha value is -0.870. The lowest BCUT2D eigenvalue weighted by atomic mass is 9.93. The number of nitrogen functional groups attached to an aromatic ring is 1. The van der Waals surface area contributed by atoms with Gasteiger partial charge in [-0.15, -0.1) is 45.3 Å². The fourth-order valence-electron chi connectivity index (χ4n) is 2.55. The van der Waals surface area contributed by atoms with E-state index in [0.717, 1.165) is 30.3 Å². The van der Waals surface area contributed by atoms with Gasteiger partial charge in [0.2, 0.25) is 0 Å². The fourth-order valence-corrected chi connectivity index (χ4v) is 3.53. The van der Waals surface area contributed by atoms with Crippen molar-refractivity contribution in [3.05, 3.63) is 34.3 Å². The van der Waals surface area contributed by atoms with Crippen LogP contribution in [0.25, 0.3) is 0 Å². The minimum Gasteiger partial charge on any atom is -0.493 e. The number of methoxy groups -OCH3 is 2. The van der Waals surface area contributed by atoms with Crippen molar-refractivity contribution in [1.82, 2.24) is 10.3 Å². The van der Waals surface area contributed by atoms with Crippen LogP contribution in [0.5, 0.6) is 11.5 Å². The molecule has 1 unspecified atom stereocenters. The first-order chi connectivity index (χ1) is 9.72. The van der Waals surface area contributed by atoms with E-state index in [1.807, 2.05) is 12.1 Å². The first-order valence-corrected chi connectivity index (χ1v) is 7.22. The molecule has 0 aliphatic carbocycles. The molecule has 23 heavy (non-hydrogen) atoms. The lowest BCUT2D eigenvalue weighted by Gasteiger charge is -2.23. The Morgan fingerprint density at radius 3 is 2.57 bits per heavy atom. The van der Waals surface area contributed by atoms with Gasteiger partial charge in [-0.25, -0.2) is 4.98 Å². The van der Waals surface area contributed by atoms with Crippen LogP contribution in [0, 0.1) is 0 Å². The minimum absolute atomic E-state index is 0. The number of benzene rings is 1. The molecule has 6 nitrogen and oxygen atoms in total. The summed E-state index contributed by atoms with van der Waals surface area (Å²) in [5.41, 5.74) is 8.07. The first-order valence-electron chi connectivity index (χ1n) is 6.40. The molecule has 2 heterocycles. The summed E-state index contributed by atoms with van der Waals surface area (Å²) in [6, 6.07) is 6.03. The molecule has 2 aromatic rings. The maximum Gasteiger partial charge on any atom is 0.180 e. The van der Waals surface area contributed by atoms with Gasteiger partial charge in [-0.05, 0) is 17.7 Å². The number of aromatic nitrogens is 1. The molecule has 0 amide bonds. The number of anilines is 1. The maximum absolute atomic E-state index is 5.84. The summed E-state index contributed by atoms with van der Waals surface area (Å²) >= 11 is 1.57. The number of thiazole rings is 1. The quantitative estimate of drug-likeness (QED) is 0.716. The molecule has 3 rings (SSSR count). The van der Waals surface area contributed by atoms with Crippen LogP contribution in [0.1, 0.15) is 22.1 Å². The van der Waals surface area contributed by atoms with E-state index in [2.05, 4.69) is 16.4 Å². The van der Waals surface area contributed by atoms with Gasteiger partial charge in [-0.2, -0.15) is 0 Å². The third-order valence-corrected chi connectivity index (χ3v) is 4.55. The third-order valence-electron chi connectivity index (χ3n) is 3.51. The third kappa shape index (κ3) is 4.36. The summed E-state index contributed by atoms with van der Waals surface area (Å²) < 4.78 is 10.7. The van der Waals surface area contributed by atoms with Crippen LogP contribution in [0.2, 0.25) is 0 Å². The average molecular weight is 471 g/mol. The molecule has 0 saturated carbocycles. The van der Waals surface area contributed by atoms with E-state index in [1.54, 1.807) is 25.6 Å². The van der Waals surface area contributed by atoms with Gasteiger partial charge in [0.1, 0.15) is 0 Å². The van der Waals surface area contributed by atoms with Crippen molar-refractivity contribution >= 4 is 50.4 Å². The van der Waals surface area contributed by atoms with Crippen molar-refractivity contribution in [1.29, 1.82) is 0 Å². The minimum atomic E-state index is 0. The summed E-state index contributed by atoms with van der Waals surface area (Å²) in [5, 5.41) is 4.01. The number of halogens is 2. The van der Waals surface area contributed by atoms with E-state index in [0.29, 0.717) is 5.13 Å². The highest BCUT2D eigenvalue weighted by Gasteiger charge is 2.26. The summed E-state index contributed by atoms with van der Waals surface area (Å²) in [7, 11) is 3.29. The van der Waals surface area contributed by atoms with Gasteiger partial charge in [-0.1, -0.05) is 6.07 Å². The van der Waals surface area contributed by atoms with Crippen molar-refractivity contribution in [2.45, 2.75) is 12.5 Å². The standard InChI is InChI=1S/C14H17N3O2S.2BrH.H2O/c1-18-11-4-3-8(5-12(11)19-2)9-6-16-7-10-13(9)20-14(15)17-10;;;/h3-5,9,16H,6-7H2,1-2H3,(H2,15,17);2*1H;1H2. The highest BCUT2D eigenvalue weighted by atomic mass is 79.9. The molecule has 0 fully saturated rings. The summed E-state index contributed by atoms with van der Waals surface area (Å²) in [4.78, 5) is 5.63. The van der Waals surface area contributed by atoms with E-state index in [1.165, 1.54) is 10.4 Å². The fraction of sp³-hybridized carbons (Fsp3) is 0.357. The molecule has 1 aromatic carbocycles. The zero-order valence-corrected chi connectivity index (χ0v) is 17.0. The first kappa shape index (κ1) is 22.1. The number of nitrogens with one attached hydrogen (secondary N) is 1. The Kier molecular flexibility index (Phi) is 9.07. The van der Waals surface area contributed by atoms with Gasteiger partial charge in [-0.3, -0.25) is 0 Å². The molecule has 5 N–H and O–H groups in total. The zero-order valence-electron chi connectivity index (χ0n) is 12.8. The van der Waals surface area contributed by atoms with Gasteiger partial charge >= 0.3 is 0 Å². The number of hydrogen-bond acceptors (Lipinski definition) is 6. The topological polar surface area (TPSA) is 101 Å². The predicted octanol–water partition coefficient (Wildman–Crippen LogP) is 2.31. The van der Waals surface area contributed by atoms with Gasteiger partial charge < -0.3 is 26.0 Å². The van der Waals surface area contributed by atoms with Crippen molar-refractivity contribution < 1.29 is 14.9 Å². The number of ether oxygens (including phenoxy) is 2. The molecule has 1 aromatic heterocycles. The molecule has 0 saturated heterocycles. The molecule has 130 valence electrons. The van der Waals surface area contributed by atoms with Crippen LogP contribution < -0.4 is 20.5 Å². The maximum atomic E-state index is 5.84. The van der Waals surface area contributed by atoms with Crippen LogP contribution in [-0.2, 0) is 6.54 Å². The van der Waals surface area contributed by atoms with Gasteiger partial charge in [0.15, 0.2) is 16.6 Å². The molecule has 0 bridgehead atoms. The molecular weight excluding hydrogens is 450 g/mol. The zero-order chi connectivity index (χ0) is 14.1. The Bertz CT molecular complexity index is 640. The van der Waals surface area contributed by atoms with Crippen LogP contribution in [0.15, 0.2) is 18.2 Å². The number of rotatable bonds is 3. The van der Waals surface area contributed by atoms with Gasteiger partial charge in [0.25, 0.3) is 0 Å². The average Bonchev–Trinajstić information content (AvgIpc) is 2.86. The van der Waals surface area contributed by atoms with E-state index in [9.17, 15) is 0 Å². The number of nitrogens with zero attached hydrogens (tertiary/aromatic N) is 1. The van der Waals surface area contributed by atoms with E-state index >= 15 is 0 Å². The second kappa shape index (κ2) is 9.43. The number of hydrogen-bond donors (Lipinski definition) is 2. The van der Waals surface area contributed by atoms with Crippen molar-refractivity contribution in [2.75, 3.05) is 26.5 Å². The molecular formula is C14H21Br2N3O3S. The van der Waals surface area contributed by atoms with Crippen LogP contribution in [-0.4, -0.2) is 31.2 Å². The van der Waals surface area contributed by atoms with Gasteiger partial charge in [0, 0.05) is 23.9 Å². The number of nitrogens with two attached hydrogens (primary N) is 1. The highest BCUT2D eigenvalue weighted by molar-refractivity contribution is 8.93. The largest absolute Gasteiger partial charge is 0.493 e. The van der Waals surface area contributed by atoms with E-state index in [-0.39, 0.29) is 45.4 Å². The smallest absolute Gasteiger partial charge is 0.180 e. The molecule has 0 spiro atoms. The predicted molar refractivity (Wildman–Crippen MR) is 104 cm³/mol. The Morgan fingerprint density at radius 2 is 1.91 bits per heavy atom. The van der Waals surface area contributed by atoms with E-state index < -0.39 is 0 Å². The molecule has 1 atom stereocenters. The number of fused-ring (bicyclic) bond motifs is 1. The Morgan fingerprint density at radius 1 is 1.22 bits per heavy atom. The summed E-state index contributed by atoms with van der Waals surface area (Å²) in [5.74, 6) is 1.74. The second-order valence-corrected chi connectivity index (χ2v) is 5.72. The lowest BCUT2D eigenvalue weighted by Crippen LogP contribution is -2.28. The monoisotopic (exact) mass is 469 g/mol. The normalized spacial score (nSPS) is 15.3. The van der Waals surface area contributed by atoms with Crippen LogP contribution >= 0.6 is 45.3 Å². The molecule has 0 radical (unpaired) electrons. The summed E-state index contributed by atoms with van der Waals surface area (Å²) in [6.45, 7) is 1.66. The van der Waals surface area contributed by atoms with Gasteiger partial charge in [0.05, 0.1) is 19.9 Å². The van der Waals surface area contributed by atoms with E-state index in [4.69, 9.17) is 15.2 Å². The SMILES string of the molecule is Br.Br.COc1ccc(C2CNCc3nc(N)sc32)cc1OC.O. The van der Waals surface area contributed by atoms with Crippen molar-refractivity contribution in [3.8, 4) is 11.5 Å². The highest BCUT2D eigenvalue weighted by Crippen LogP contribution is 2.38. The second-order valence-electron chi connectivity index (χ2n) is 4.66. The Balaban J connectivity index is 0.00000161. The van der Waals surface area contributed by atoms with Crippen LogP contribution in [0.4, 0.5) is 5.13 Å². The van der Waals surface area contributed by atoms with Crippen molar-refractivity contribution in [2.24, 2.45) is 0 Å². The molecule has 1 aliphatic rings. The Labute approximate surface area is 160 Å². The molecule has 9 heteroatoms. The van der Waals surface area contributed by atoms with Crippen LogP contribution in [0.3, 0.4) is 0 Å². The lowest BCUT2D eigenvalue weighted by molar-refractivity contribution is 0.354. The molecule has 1 aliphatic heterocycles. The van der Waals surface area contributed by atoms with Crippen molar-refractivity contribution in [3.63, 3.8) is 0 Å².